The summed E-state index contributed by atoms with van der Waals surface area (Å²) in [5.74, 6) is 2.22. The van der Waals surface area contributed by atoms with Gasteiger partial charge in [0.1, 0.15) is 17.3 Å². The van der Waals surface area contributed by atoms with Crippen molar-refractivity contribution in [3.63, 3.8) is 0 Å². The number of aryl methyl sites for hydroxylation is 3. The number of anilines is 1. The zero-order valence-corrected chi connectivity index (χ0v) is 19.7. The Hall–Kier alpha value is -3.43. The van der Waals surface area contributed by atoms with Gasteiger partial charge in [-0.05, 0) is 69.7 Å². The van der Waals surface area contributed by atoms with Gasteiger partial charge >= 0.3 is 6.18 Å². The number of carbonyl (C=O) groups is 1. The van der Waals surface area contributed by atoms with Gasteiger partial charge in [0, 0.05) is 31.0 Å². The third kappa shape index (κ3) is 4.74. The molecule has 3 aromatic rings. The van der Waals surface area contributed by atoms with Gasteiger partial charge in [0.25, 0.3) is 5.91 Å². The number of hydrogen-bond acceptors (Lipinski definition) is 6. The predicted octanol–water partition coefficient (Wildman–Crippen LogP) is 5.04. The van der Waals surface area contributed by atoms with Gasteiger partial charge in [-0.2, -0.15) is 13.2 Å². The van der Waals surface area contributed by atoms with E-state index < -0.39 is 11.7 Å². The first-order valence-electron chi connectivity index (χ1n) is 11.6. The summed E-state index contributed by atoms with van der Waals surface area (Å²) in [5, 5.41) is 3.11. The number of aromatic nitrogens is 3. The summed E-state index contributed by atoms with van der Waals surface area (Å²) >= 11 is 0. The summed E-state index contributed by atoms with van der Waals surface area (Å²) in [6, 6.07) is 5.80. The molecule has 1 aliphatic heterocycles. The second kappa shape index (κ2) is 8.66. The Balaban J connectivity index is 1.38. The van der Waals surface area contributed by atoms with Crippen molar-refractivity contribution in [2.24, 2.45) is 11.8 Å². The smallest absolute Gasteiger partial charge is 0.417 e. The Morgan fingerprint density at radius 1 is 1.11 bits per heavy atom. The topological polar surface area (TPSA) is 84.2 Å². The molecule has 35 heavy (non-hydrogen) atoms. The summed E-state index contributed by atoms with van der Waals surface area (Å²) < 4.78 is 44.3. The van der Waals surface area contributed by atoms with E-state index in [-0.39, 0.29) is 11.9 Å². The average molecular weight is 486 g/mol. The SMILES string of the molecule is Cc1ccc(-c2nc(C)c(C)o2)c(C(=O)N2C[C@@H]3C[C@@H]3CC2CNc2ccc(C(F)(F)F)cn2)n1. The molecule has 1 saturated heterocycles. The first kappa shape index (κ1) is 23.3. The number of rotatable bonds is 5. The van der Waals surface area contributed by atoms with Crippen LogP contribution in [0.1, 0.15) is 46.0 Å². The van der Waals surface area contributed by atoms with Crippen LogP contribution in [0.4, 0.5) is 19.0 Å². The molecular weight excluding hydrogens is 459 g/mol. The third-order valence-corrected chi connectivity index (χ3v) is 6.88. The van der Waals surface area contributed by atoms with E-state index in [4.69, 9.17) is 4.42 Å². The monoisotopic (exact) mass is 485 g/mol. The molecule has 1 unspecified atom stereocenters. The lowest BCUT2D eigenvalue weighted by molar-refractivity contribution is -0.137. The summed E-state index contributed by atoms with van der Waals surface area (Å²) in [7, 11) is 0. The van der Waals surface area contributed by atoms with Crippen LogP contribution in [0.3, 0.4) is 0 Å². The van der Waals surface area contributed by atoms with Crippen molar-refractivity contribution in [2.45, 2.75) is 45.8 Å². The number of pyridine rings is 2. The lowest BCUT2D eigenvalue weighted by Crippen LogP contribution is -2.48. The van der Waals surface area contributed by atoms with Crippen LogP contribution < -0.4 is 5.32 Å². The molecule has 1 amide bonds. The molecule has 3 aromatic heterocycles. The summed E-state index contributed by atoms with van der Waals surface area (Å²) in [6.45, 7) is 6.50. The Kier molecular flexibility index (Phi) is 5.77. The minimum Gasteiger partial charge on any atom is -0.441 e. The highest BCUT2D eigenvalue weighted by Crippen LogP contribution is 2.47. The number of likely N-dealkylation sites (tertiary alicyclic amines) is 1. The molecule has 0 aromatic carbocycles. The fourth-order valence-corrected chi connectivity index (χ4v) is 4.65. The Bertz CT molecular complexity index is 1240. The number of amides is 1. The van der Waals surface area contributed by atoms with Crippen LogP contribution in [0.2, 0.25) is 0 Å². The van der Waals surface area contributed by atoms with Gasteiger partial charge in [0.15, 0.2) is 0 Å². The van der Waals surface area contributed by atoms with Crippen molar-refractivity contribution in [1.29, 1.82) is 0 Å². The second-order valence-corrected chi connectivity index (χ2v) is 9.42. The van der Waals surface area contributed by atoms with Gasteiger partial charge in [-0.15, -0.1) is 0 Å². The van der Waals surface area contributed by atoms with Crippen LogP contribution in [0.25, 0.3) is 11.5 Å². The lowest BCUT2D eigenvalue weighted by Gasteiger charge is -2.35. The molecule has 184 valence electrons. The maximum atomic E-state index is 13.8. The van der Waals surface area contributed by atoms with Crippen LogP contribution in [0, 0.1) is 32.6 Å². The largest absolute Gasteiger partial charge is 0.441 e. The van der Waals surface area contributed by atoms with E-state index in [1.807, 2.05) is 37.8 Å². The maximum absolute atomic E-state index is 13.8. The quantitative estimate of drug-likeness (QED) is 0.545. The fourth-order valence-electron chi connectivity index (χ4n) is 4.65. The molecule has 10 heteroatoms. The van der Waals surface area contributed by atoms with Crippen LogP contribution in [-0.4, -0.2) is 44.9 Å². The molecule has 0 radical (unpaired) electrons. The van der Waals surface area contributed by atoms with E-state index in [9.17, 15) is 18.0 Å². The van der Waals surface area contributed by atoms with Gasteiger partial charge in [0.2, 0.25) is 5.89 Å². The van der Waals surface area contributed by atoms with Crippen LogP contribution in [0.15, 0.2) is 34.9 Å². The van der Waals surface area contributed by atoms with E-state index >= 15 is 0 Å². The zero-order valence-electron chi connectivity index (χ0n) is 19.7. The van der Waals surface area contributed by atoms with Crippen molar-refractivity contribution in [3.05, 3.63) is 58.9 Å². The maximum Gasteiger partial charge on any atom is 0.417 e. The highest BCUT2D eigenvalue weighted by Gasteiger charge is 2.47. The second-order valence-electron chi connectivity index (χ2n) is 9.42. The van der Waals surface area contributed by atoms with Gasteiger partial charge in [-0.3, -0.25) is 4.79 Å². The Morgan fingerprint density at radius 2 is 1.91 bits per heavy atom. The minimum absolute atomic E-state index is 0.140. The fraction of sp³-hybridized carbons (Fsp3) is 0.440. The molecule has 3 atom stereocenters. The number of nitrogens with one attached hydrogen (secondary N) is 1. The van der Waals surface area contributed by atoms with Crippen LogP contribution >= 0.6 is 0 Å². The van der Waals surface area contributed by atoms with E-state index in [0.29, 0.717) is 59.3 Å². The van der Waals surface area contributed by atoms with Gasteiger partial charge < -0.3 is 14.6 Å². The number of hydrogen-bond donors (Lipinski definition) is 1. The zero-order chi connectivity index (χ0) is 24.9. The Labute approximate surface area is 200 Å². The number of nitrogens with zero attached hydrogens (tertiary/aromatic N) is 4. The van der Waals surface area contributed by atoms with Crippen molar-refractivity contribution in [3.8, 4) is 11.5 Å². The third-order valence-electron chi connectivity index (χ3n) is 6.88. The lowest BCUT2D eigenvalue weighted by atomic mass is 10.0. The first-order valence-corrected chi connectivity index (χ1v) is 11.6. The molecule has 1 N–H and O–H groups in total. The van der Waals surface area contributed by atoms with E-state index in [1.165, 1.54) is 6.07 Å². The normalized spacial score (nSPS) is 21.5. The van der Waals surface area contributed by atoms with E-state index in [2.05, 4.69) is 20.3 Å². The number of oxazole rings is 1. The van der Waals surface area contributed by atoms with Gasteiger partial charge in [-0.25, -0.2) is 15.0 Å². The molecule has 2 fully saturated rings. The minimum atomic E-state index is -4.43. The molecule has 0 bridgehead atoms. The highest BCUT2D eigenvalue weighted by atomic mass is 19.4. The number of alkyl halides is 3. The summed E-state index contributed by atoms with van der Waals surface area (Å²) in [4.78, 5) is 28.6. The van der Waals surface area contributed by atoms with Crippen molar-refractivity contribution < 1.29 is 22.4 Å². The predicted molar refractivity (Wildman–Crippen MR) is 123 cm³/mol. The molecule has 2 aliphatic rings. The average Bonchev–Trinajstić information content (AvgIpc) is 3.51. The molecule has 0 spiro atoms. The number of halogens is 3. The van der Waals surface area contributed by atoms with E-state index in [0.717, 1.165) is 30.8 Å². The van der Waals surface area contributed by atoms with Crippen LogP contribution in [0.5, 0.6) is 0 Å². The number of piperidine rings is 1. The molecule has 7 nitrogen and oxygen atoms in total. The molecule has 1 saturated carbocycles. The molecule has 1 aliphatic carbocycles. The van der Waals surface area contributed by atoms with Gasteiger partial charge in [-0.1, -0.05) is 0 Å². The molecule has 5 rings (SSSR count). The van der Waals surface area contributed by atoms with Crippen LogP contribution in [-0.2, 0) is 6.18 Å². The van der Waals surface area contributed by atoms with Crippen molar-refractivity contribution >= 4 is 11.7 Å². The van der Waals surface area contributed by atoms with E-state index in [1.54, 1.807) is 0 Å². The molecular formula is C25H26F3N5O2. The van der Waals surface area contributed by atoms with Crippen molar-refractivity contribution in [2.75, 3.05) is 18.4 Å². The standard InChI is InChI=1S/C25H26F3N5O2/c1-13-4-6-20(23-32-14(2)15(3)35-23)22(31-13)24(34)33-12-17-8-16(17)9-19(33)11-30-21-7-5-18(10-29-21)25(26,27)28/h4-7,10,16-17,19H,8-9,11-12H2,1-3H3,(H,29,30)/t16-,17+,19?/m1/s1. The molecule has 4 heterocycles. The first-order chi connectivity index (χ1) is 16.6. The van der Waals surface area contributed by atoms with Gasteiger partial charge in [0.05, 0.1) is 16.8 Å². The highest BCUT2D eigenvalue weighted by molar-refractivity contribution is 5.98. The summed E-state index contributed by atoms with van der Waals surface area (Å²) in [5.41, 5.74) is 1.51. The number of carbonyl (C=O) groups excluding carboxylic acids is 1. The number of fused-ring (bicyclic) bond motifs is 1. The van der Waals surface area contributed by atoms with Crippen molar-refractivity contribution in [1.82, 2.24) is 19.9 Å². The Morgan fingerprint density at radius 3 is 2.57 bits per heavy atom. The summed E-state index contributed by atoms with van der Waals surface area (Å²) in [6.07, 6.45) is -1.72.